The molecule has 0 saturated carbocycles. The fourth-order valence-corrected chi connectivity index (χ4v) is 2.04. The monoisotopic (exact) mass is 329 g/mol. The number of carbonyl (C=O) groups excluding carboxylic acids is 1. The first kappa shape index (κ1) is 21.0. The molecule has 0 spiro atoms. The molecule has 18 heavy (non-hydrogen) atoms. The third-order valence-corrected chi connectivity index (χ3v) is 3.78. The molecule has 1 aromatic carbocycles. The molecule has 0 unspecified atom stereocenters. The van der Waals surface area contributed by atoms with E-state index < -0.39 is 14.2 Å². The minimum atomic E-state index is -5.33. The summed E-state index contributed by atoms with van der Waals surface area (Å²) >= 11 is -5.33. The average molecular weight is 329 g/mol. The van der Waals surface area contributed by atoms with Crippen LogP contribution in [-0.2, 0) is 8.53 Å². The van der Waals surface area contributed by atoms with E-state index in [0.29, 0.717) is 11.3 Å². The van der Waals surface area contributed by atoms with E-state index in [-0.39, 0.29) is 69.4 Å². The van der Waals surface area contributed by atoms with E-state index in [1.165, 1.54) is 24.3 Å². The van der Waals surface area contributed by atoms with Crippen LogP contribution in [-0.4, -0.2) is 20.1 Å². The number of carbonyl (C=O) groups is 1. The molecule has 0 saturated heterocycles. The largest absolute Gasteiger partial charge is 1.00 e. The first-order valence-corrected chi connectivity index (χ1v) is 7.64. The molecule has 86 valence electrons. The fraction of sp³-hybridized carbons (Fsp3) is 0.100. The van der Waals surface area contributed by atoms with E-state index in [1.807, 2.05) is 0 Å². The Balaban J connectivity index is 0. The van der Waals surface area contributed by atoms with Gasteiger partial charge >= 0.3 is 155 Å². The molecule has 8 heteroatoms. The Morgan fingerprint density at radius 2 is 1.67 bits per heavy atom. The number of rotatable bonds is 3. The second kappa shape index (κ2) is 8.80. The van der Waals surface area contributed by atoms with Crippen molar-refractivity contribution < 1.29 is 75.8 Å². The third-order valence-electron chi connectivity index (χ3n) is 1.83. The summed E-state index contributed by atoms with van der Waals surface area (Å²) in [5, 5.41) is 2.49. The molecular weight excluding hydrogens is 319 g/mol. The van der Waals surface area contributed by atoms with E-state index in [0.717, 1.165) is 0 Å². The van der Waals surface area contributed by atoms with Gasteiger partial charge in [0.1, 0.15) is 0 Å². The van der Waals surface area contributed by atoms with Crippen LogP contribution < -0.4 is 77.0 Å². The van der Waals surface area contributed by atoms with Crippen molar-refractivity contribution in [3.8, 4) is 0 Å². The Hall–Kier alpha value is 0.708. The van der Waals surface area contributed by atoms with Crippen LogP contribution in [0.1, 0.15) is 6.92 Å². The minimum Gasteiger partial charge on any atom is 1.00 e. The maximum absolute atomic E-state index is 11.2. The summed E-state index contributed by atoms with van der Waals surface area (Å²) in [5.41, 5.74) is 0.757. The molecule has 5 nitrogen and oxygen atoms in total. The number of hydrogen-bond acceptors (Lipinski definition) is 4. The van der Waals surface area contributed by atoms with E-state index >= 15 is 0 Å². The maximum Gasteiger partial charge on any atom is 1.00 e. The number of anilines is 1. The summed E-state index contributed by atoms with van der Waals surface area (Å²) in [6.07, 6.45) is 0. The quantitative estimate of drug-likeness (QED) is 0.441. The van der Waals surface area contributed by atoms with Crippen molar-refractivity contribution in [1.82, 2.24) is 0 Å². The van der Waals surface area contributed by atoms with E-state index in [2.05, 4.69) is 11.9 Å². The Kier molecular flexibility index (Phi) is 10.3. The van der Waals surface area contributed by atoms with Crippen LogP contribution >= 0.6 is 0 Å². The normalized spacial score (nSPS) is 9.72. The van der Waals surface area contributed by atoms with Gasteiger partial charge in [0.05, 0.1) is 0 Å². The zero-order chi connectivity index (χ0) is 12.3. The first-order valence-electron chi connectivity index (χ1n) is 4.40. The van der Waals surface area contributed by atoms with Crippen molar-refractivity contribution >= 4 is 30.1 Å². The molecule has 0 heterocycles. The number of hydrogen-bond donors (Lipinski definition) is 1. The zero-order valence-electron chi connectivity index (χ0n) is 10.6. The molecule has 0 radical (unpaired) electrons. The Labute approximate surface area is 153 Å². The molecule has 1 amide bonds. The van der Waals surface area contributed by atoms with Crippen LogP contribution in [0, 0.1) is 0 Å². The number of amides is 1. The molecule has 1 N–H and O–H groups in total. The Bertz CT molecular complexity index is 469. The van der Waals surface area contributed by atoms with Crippen LogP contribution in [0.3, 0.4) is 0 Å². The van der Waals surface area contributed by atoms with Crippen molar-refractivity contribution in [3.05, 3.63) is 36.4 Å². The minimum absolute atomic E-state index is 0. The molecule has 1 aromatic rings. The van der Waals surface area contributed by atoms with Crippen molar-refractivity contribution in [2.75, 3.05) is 5.32 Å². The van der Waals surface area contributed by atoms with Gasteiger partial charge in [-0.1, -0.05) is 0 Å². The molecule has 0 fully saturated rings. The predicted octanol–water partition coefficient (Wildman–Crippen LogP) is -7.49. The summed E-state index contributed by atoms with van der Waals surface area (Å²) in [6, 6.07) is 5.07. The van der Waals surface area contributed by atoms with Crippen molar-refractivity contribution in [2.24, 2.45) is 0 Å². The van der Waals surface area contributed by atoms with Gasteiger partial charge in [0.15, 0.2) is 0 Å². The smallest absolute Gasteiger partial charge is 1.00 e. The van der Waals surface area contributed by atoms with Crippen molar-refractivity contribution in [3.63, 3.8) is 0 Å². The fourth-order valence-electron chi connectivity index (χ4n) is 0.965. The molecule has 0 aliphatic carbocycles. The first-order chi connectivity index (χ1) is 7.30. The van der Waals surface area contributed by atoms with Gasteiger partial charge in [0, 0.05) is 0 Å². The topological polar surface area (TPSA) is 92.3 Å². The van der Waals surface area contributed by atoms with E-state index in [1.54, 1.807) is 6.92 Å². The number of benzene rings is 1. The SMILES string of the molecule is C=C(C)C(=O)Nc1ccc([As](=O)([O-])[O-])cc1.[Na+].[Na+]. The van der Waals surface area contributed by atoms with Gasteiger partial charge in [-0.3, -0.25) is 0 Å². The standard InChI is InChI=1S/C10H12AsNO4.2Na/c1-7(2)10(13)12-9-5-3-8(4-6-9)11(14,15)16;;/h3-6H,1H2,2H3,(H,12,13)(H2,14,15,16);;/q;2*+1/p-2. The van der Waals surface area contributed by atoms with E-state index in [9.17, 15) is 16.7 Å². The molecule has 1 rings (SSSR count). The number of nitrogens with one attached hydrogen (secondary N) is 1. The third kappa shape index (κ3) is 6.75. The van der Waals surface area contributed by atoms with Crippen LogP contribution in [0.25, 0.3) is 0 Å². The molecule has 0 bridgehead atoms. The molecule has 0 aliphatic heterocycles. The average Bonchev–Trinajstić information content (AvgIpc) is 2.17. The van der Waals surface area contributed by atoms with Gasteiger partial charge in [-0.05, 0) is 0 Å². The van der Waals surface area contributed by atoms with Crippen LogP contribution in [0.4, 0.5) is 5.69 Å². The van der Waals surface area contributed by atoms with Gasteiger partial charge in [0.2, 0.25) is 0 Å². The summed E-state index contributed by atoms with van der Waals surface area (Å²) in [6.45, 7) is 5.01. The maximum atomic E-state index is 11.2. The summed E-state index contributed by atoms with van der Waals surface area (Å²) < 4.78 is 31.9. The summed E-state index contributed by atoms with van der Waals surface area (Å²) in [4.78, 5) is 11.2. The molecule has 0 atom stereocenters. The Morgan fingerprint density at radius 1 is 1.22 bits per heavy atom. The van der Waals surface area contributed by atoms with Crippen LogP contribution in [0.15, 0.2) is 36.4 Å². The molecular formula is C10H10AsNNa2O4. The van der Waals surface area contributed by atoms with Gasteiger partial charge in [0.25, 0.3) is 0 Å². The second-order valence-corrected chi connectivity index (χ2v) is 6.45. The summed E-state index contributed by atoms with van der Waals surface area (Å²) in [5.74, 6) is -0.356. The van der Waals surface area contributed by atoms with Gasteiger partial charge < -0.3 is 0 Å². The summed E-state index contributed by atoms with van der Waals surface area (Å²) in [7, 11) is 0. The second-order valence-electron chi connectivity index (χ2n) is 3.28. The predicted molar refractivity (Wildman–Crippen MR) is 56.0 cm³/mol. The van der Waals surface area contributed by atoms with Gasteiger partial charge in [-0.15, -0.1) is 0 Å². The molecule has 0 aromatic heterocycles. The van der Waals surface area contributed by atoms with Crippen molar-refractivity contribution in [1.29, 1.82) is 0 Å². The zero-order valence-corrected chi connectivity index (χ0v) is 16.5. The van der Waals surface area contributed by atoms with Crippen LogP contribution in [0.5, 0.6) is 0 Å². The molecule has 0 aliphatic rings. The van der Waals surface area contributed by atoms with Gasteiger partial charge in [-0.2, -0.15) is 0 Å². The van der Waals surface area contributed by atoms with Crippen LogP contribution in [0.2, 0.25) is 0 Å². The Morgan fingerprint density at radius 3 is 2.00 bits per heavy atom. The van der Waals surface area contributed by atoms with Gasteiger partial charge in [-0.25, -0.2) is 0 Å². The van der Waals surface area contributed by atoms with Crippen molar-refractivity contribution in [2.45, 2.75) is 6.92 Å². The van der Waals surface area contributed by atoms with E-state index in [4.69, 9.17) is 0 Å².